The molecule has 0 aromatic heterocycles. The number of carbonyl (C=O) groups is 1. The number of phenolic OH excluding ortho intramolecular Hbond substituents is 1. The number of para-hydroxylation sites is 1. The minimum atomic E-state index is -4.94. The van der Waals surface area contributed by atoms with Crippen molar-refractivity contribution in [2.24, 2.45) is 0 Å². The van der Waals surface area contributed by atoms with Crippen LogP contribution in [-0.2, 0) is 18.9 Å². The van der Waals surface area contributed by atoms with Crippen molar-refractivity contribution in [3.8, 4) is 5.75 Å². The fraction of sp³-hybridized carbons (Fsp3) is 0.188. The molecule has 3 N–H and O–H groups in total. The summed E-state index contributed by atoms with van der Waals surface area (Å²) in [5.41, 5.74) is 1.65. The molecular weight excluding hydrogens is 361 g/mol. The molecule has 0 radical (unpaired) electrons. The SMILES string of the molecule is CC(=O)Nc1c(O)cccc1[As](=O)(O)OCc1ccccc1C. The van der Waals surface area contributed by atoms with E-state index in [0.29, 0.717) is 0 Å². The predicted molar refractivity (Wildman–Crippen MR) is 86.7 cm³/mol. The molecule has 2 aromatic carbocycles. The van der Waals surface area contributed by atoms with E-state index in [1.807, 2.05) is 31.2 Å². The first-order chi connectivity index (χ1) is 10.8. The number of hydrogen-bond donors (Lipinski definition) is 3. The van der Waals surface area contributed by atoms with Gasteiger partial charge in [-0.25, -0.2) is 0 Å². The normalized spacial score (nSPS) is 13.3. The Morgan fingerprint density at radius 3 is 2.57 bits per heavy atom. The van der Waals surface area contributed by atoms with Gasteiger partial charge in [0.15, 0.2) is 0 Å². The van der Waals surface area contributed by atoms with Gasteiger partial charge in [0, 0.05) is 0 Å². The molecular formula is C16H18AsNO5. The van der Waals surface area contributed by atoms with Crippen LogP contribution in [0.25, 0.3) is 0 Å². The molecule has 0 fully saturated rings. The van der Waals surface area contributed by atoms with E-state index < -0.39 is 20.1 Å². The van der Waals surface area contributed by atoms with Crippen LogP contribution in [0.5, 0.6) is 5.75 Å². The zero-order valence-corrected chi connectivity index (χ0v) is 14.7. The van der Waals surface area contributed by atoms with E-state index >= 15 is 0 Å². The summed E-state index contributed by atoms with van der Waals surface area (Å²) in [6.07, 6.45) is 0. The van der Waals surface area contributed by atoms with Crippen LogP contribution < -0.4 is 9.67 Å². The summed E-state index contributed by atoms with van der Waals surface area (Å²) in [6, 6.07) is 11.5. The molecule has 1 atom stereocenters. The predicted octanol–water partition coefficient (Wildman–Crippen LogP) is 1.44. The number of rotatable bonds is 5. The van der Waals surface area contributed by atoms with E-state index in [1.54, 1.807) is 0 Å². The quantitative estimate of drug-likeness (QED) is 0.540. The van der Waals surface area contributed by atoms with Crippen molar-refractivity contribution in [3.05, 3.63) is 53.6 Å². The first-order valence-electron chi connectivity index (χ1n) is 6.93. The number of hydrogen-bond acceptors (Lipinski definition) is 4. The molecule has 122 valence electrons. The minimum absolute atomic E-state index is 0.0329. The van der Waals surface area contributed by atoms with Crippen molar-refractivity contribution >= 4 is 30.1 Å². The van der Waals surface area contributed by atoms with Crippen LogP contribution in [0, 0.1) is 6.92 Å². The molecule has 0 saturated heterocycles. The van der Waals surface area contributed by atoms with Crippen LogP contribution >= 0.6 is 0 Å². The van der Waals surface area contributed by atoms with Gasteiger partial charge in [-0.1, -0.05) is 0 Å². The van der Waals surface area contributed by atoms with E-state index in [4.69, 9.17) is 3.73 Å². The summed E-state index contributed by atoms with van der Waals surface area (Å²) in [5, 5.41) is 12.2. The third kappa shape index (κ3) is 4.25. The summed E-state index contributed by atoms with van der Waals surface area (Å²) in [6.45, 7) is 3.10. The molecule has 1 amide bonds. The van der Waals surface area contributed by atoms with E-state index in [2.05, 4.69) is 5.32 Å². The number of phenols is 1. The topological polar surface area (TPSA) is 95.9 Å². The van der Waals surface area contributed by atoms with Gasteiger partial charge in [-0.2, -0.15) is 0 Å². The van der Waals surface area contributed by atoms with Crippen LogP contribution in [0.1, 0.15) is 18.1 Å². The van der Waals surface area contributed by atoms with Crippen LogP contribution in [0.4, 0.5) is 5.69 Å². The van der Waals surface area contributed by atoms with Crippen molar-refractivity contribution in [1.29, 1.82) is 0 Å². The van der Waals surface area contributed by atoms with Gasteiger partial charge in [-0.15, -0.1) is 0 Å². The summed E-state index contributed by atoms with van der Waals surface area (Å²) >= 11 is -4.94. The van der Waals surface area contributed by atoms with E-state index in [0.717, 1.165) is 11.1 Å². The Bertz CT molecular complexity index is 775. The van der Waals surface area contributed by atoms with Crippen molar-refractivity contribution < 1.29 is 21.5 Å². The third-order valence-electron chi connectivity index (χ3n) is 3.28. The Hall–Kier alpha value is -2.01. The number of carbonyl (C=O) groups excluding carboxylic acids is 1. The second kappa shape index (κ2) is 7.04. The number of aromatic hydroxyl groups is 1. The zero-order chi connectivity index (χ0) is 17.0. The Kier molecular flexibility index (Phi) is 5.31. The maximum atomic E-state index is 12.6. The fourth-order valence-corrected chi connectivity index (χ4v) is 4.54. The Labute approximate surface area is 137 Å². The standard InChI is InChI=1S/C16H18AsNO5/c1-11-6-3-4-7-13(11)10-23-17(21,22)14-8-5-9-15(20)16(14)18-12(2)19/h3-9,20H,10H2,1-2H3,(H,18,19)(H,21,22). The Morgan fingerprint density at radius 2 is 1.91 bits per heavy atom. The molecule has 0 aliphatic rings. The molecule has 2 aromatic rings. The molecule has 0 aliphatic carbocycles. The zero-order valence-electron chi connectivity index (χ0n) is 12.8. The average molecular weight is 379 g/mol. The van der Waals surface area contributed by atoms with Crippen LogP contribution in [0.2, 0.25) is 0 Å². The first kappa shape index (κ1) is 17.3. The van der Waals surface area contributed by atoms with Gasteiger partial charge in [0.25, 0.3) is 0 Å². The molecule has 7 heteroatoms. The summed E-state index contributed by atoms with van der Waals surface area (Å²) in [5.74, 6) is -0.741. The fourth-order valence-electron chi connectivity index (χ4n) is 2.07. The summed E-state index contributed by atoms with van der Waals surface area (Å²) in [4.78, 5) is 11.2. The van der Waals surface area contributed by atoms with Gasteiger partial charge in [0.2, 0.25) is 0 Å². The number of aryl methyl sites for hydroxylation is 1. The van der Waals surface area contributed by atoms with E-state index in [9.17, 15) is 17.7 Å². The van der Waals surface area contributed by atoms with Gasteiger partial charge in [-0.3, -0.25) is 0 Å². The van der Waals surface area contributed by atoms with Crippen molar-refractivity contribution in [1.82, 2.24) is 0 Å². The molecule has 0 bridgehead atoms. The summed E-state index contributed by atoms with van der Waals surface area (Å²) < 4.78 is 28.1. The van der Waals surface area contributed by atoms with Crippen molar-refractivity contribution in [2.45, 2.75) is 20.5 Å². The molecule has 0 spiro atoms. The second-order valence-corrected chi connectivity index (χ2v) is 8.81. The molecule has 1 unspecified atom stereocenters. The molecule has 0 heterocycles. The molecule has 6 nitrogen and oxygen atoms in total. The Morgan fingerprint density at radius 1 is 1.22 bits per heavy atom. The number of amides is 1. The van der Waals surface area contributed by atoms with Gasteiger partial charge in [0.05, 0.1) is 0 Å². The van der Waals surface area contributed by atoms with Crippen molar-refractivity contribution in [3.63, 3.8) is 0 Å². The first-order valence-corrected chi connectivity index (χ1v) is 10.2. The maximum absolute atomic E-state index is 12.6. The molecule has 0 aliphatic heterocycles. The number of anilines is 1. The van der Waals surface area contributed by atoms with Gasteiger partial charge < -0.3 is 0 Å². The number of nitrogens with one attached hydrogen (secondary N) is 1. The Balaban J connectivity index is 2.29. The second-order valence-electron chi connectivity index (χ2n) is 5.07. The monoisotopic (exact) mass is 379 g/mol. The molecule has 23 heavy (non-hydrogen) atoms. The van der Waals surface area contributed by atoms with Crippen LogP contribution in [-0.4, -0.2) is 29.3 Å². The van der Waals surface area contributed by atoms with Crippen LogP contribution in [0.3, 0.4) is 0 Å². The van der Waals surface area contributed by atoms with Gasteiger partial charge >= 0.3 is 137 Å². The van der Waals surface area contributed by atoms with E-state index in [1.165, 1.54) is 25.1 Å². The third-order valence-corrected chi connectivity index (χ3v) is 6.35. The van der Waals surface area contributed by atoms with Gasteiger partial charge in [-0.05, 0) is 0 Å². The van der Waals surface area contributed by atoms with Gasteiger partial charge in [0.1, 0.15) is 0 Å². The summed E-state index contributed by atoms with van der Waals surface area (Å²) in [7, 11) is 0. The van der Waals surface area contributed by atoms with Crippen molar-refractivity contribution in [2.75, 3.05) is 5.32 Å². The van der Waals surface area contributed by atoms with Crippen LogP contribution in [0.15, 0.2) is 42.5 Å². The molecule has 2 rings (SSSR count). The van der Waals surface area contributed by atoms with E-state index in [-0.39, 0.29) is 22.4 Å². The average Bonchev–Trinajstić information content (AvgIpc) is 2.48. The molecule has 0 saturated carbocycles. The number of benzene rings is 2.